The van der Waals surface area contributed by atoms with Gasteiger partial charge < -0.3 is 9.94 Å². The fourth-order valence-electron chi connectivity index (χ4n) is 1.40. The first kappa shape index (κ1) is 10.4. The van der Waals surface area contributed by atoms with Gasteiger partial charge in [-0.05, 0) is 25.7 Å². The molecule has 0 bridgehead atoms. The van der Waals surface area contributed by atoms with E-state index in [1.54, 1.807) is 0 Å². The molecule has 1 saturated carbocycles. The van der Waals surface area contributed by atoms with Gasteiger partial charge >= 0.3 is 0 Å². The molecule has 13 heavy (non-hydrogen) atoms. The van der Waals surface area contributed by atoms with Crippen LogP contribution in [0, 0.1) is 0 Å². The van der Waals surface area contributed by atoms with E-state index in [0.717, 1.165) is 5.71 Å². The number of rotatable bonds is 3. The van der Waals surface area contributed by atoms with Crippen LogP contribution in [-0.4, -0.2) is 30.1 Å². The molecule has 0 spiro atoms. The van der Waals surface area contributed by atoms with E-state index < -0.39 is 13.0 Å². The highest BCUT2D eigenvalue weighted by atomic mass is 19.3. The Morgan fingerprint density at radius 2 is 2.08 bits per heavy atom. The quantitative estimate of drug-likeness (QED) is 0.550. The predicted octanol–water partition coefficient (Wildman–Crippen LogP) is 2.04. The van der Waals surface area contributed by atoms with Crippen molar-refractivity contribution in [3.63, 3.8) is 0 Å². The van der Waals surface area contributed by atoms with Crippen molar-refractivity contribution in [2.24, 2.45) is 5.16 Å². The van der Waals surface area contributed by atoms with Crippen molar-refractivity contribution in [3.05, 3.63) is 0 Å². The molecule has 3 nitrogen and oxygen atoms in total. The number of halogens is 2. The number of oxime groups is 1. The van der Waals surface area contributed by atoms with Crippen LogP contribution < -0.4 is 0 Å². The molecule has 5 heteroatoms. The maximum absolute atomic E-state index is 11.7. The molecule has 0 atom stereocenters. The Labute approximate surface area is 75.4 Å². The van der Waals surface area contributed by atoms with Gasteiger partial charge in [0.1, 0.15) is 6.61 Å². The van der Waals surface area contributed by atoms with Crippen molar-refractivity contribution < 1.29 is 18.7 Å². The number of ether oxygens (including phenoxy) is 1. The summed E-state index contributed by atoms with van der Waals surface area (Å²) in [6.07, 6.45) is 0.139. The lowest BCUT2D eigenvalue weighted by Gasteiger charge is -2.22. The Hall–Kier alpha value is -0.710. The van der Waals surface area contributed by atoms with E-state index in [4.69, 9.17) is 9.94 Å². The highest BCUT2D eigenvalue weighted by Crippen LogP contribution is 2.19. The fourth-order valence-corrected chi connectivity index (χ4v) is 1.40. The van der Waals surface area contributed by atoms with Gasteiger partial charge in [0.2, 0.25) is 0 Å². The van der Waals surface area contributed by atoms with Crippen LogP contribution in [0.5, 0.6) is 0 Å². The summed E-state index contributed by atoms with van der Waals surface area (Å²) < 4.78 is 28.4. The Balaban J connectivity index is 2.18. The van der Waals surface area contributed by atoms with Gasteiger partial charge in [-0.2, -0.15) is 0 Å². The molecule has 0 aromatic carbocycles. The zero-order valence-corrected chi connectivity index (χ0v) is 7.25. The molecule has 0 amide bonds. The third-order valence-corrected chi connectivity index (χ3v) is 2.11. The van der Waals surface area contributed by atoms with Gasteiger partial charge in [-0.3, -0.25) is 0 Å². The summed E-state index contributed by atoms with van der Waals surface area (Å²) in [5.74, 6) is 0. The van der Waals surface area contributed by atoms with Gasteiger partial charge in [0, 0.05) is 0 Å². The third-order valence-electron chi connectivity index (χ3n) is 2.11. The first-order valence-corrected chi connectivity index (χ1v) is 4.32. The number of hydrogen-bond acceptors (Lipinski definition) is 3. The number of alkyl halides is 2. The van der Waals surface area contributed by atoms with Gasteiger partial charge in [-0.1, -0.05) is 5.16 Å². The normalized spacial score (nSPS) is 23.6. The second kappa shape index (κ2) is 5.11. The minimum Gasteiger partial charge on any atom is -0.411 e. The predicted molar refractivity (Wildman–Crippen MR) is 43.4 cm³/mol. The summed E-state index contributed by atoms with van der Waals surface area (Å²) in [4.78, 5) is 0. The van der Waals surface area contributed by atoms with Crippen LogP contribution in [0.15, 0.2) is 5.16 Å². The Bertz CT molecular complexity index is 175. The summed E-state index contributed by atoms with van der Waals surface area (Å²) in [7, 11) is 0. The molecule has 0 saturated heterocycles. The van der Waals surface area contributed by atoms with Crippen molar-refractivity contribution in [2.45, 2.75) is 38.2 Å². The van der Waals surface area contributed by atoms with Crippen molar-refractivity contribution >= 4 is 5.71 Å². The lowest BCUT2D eigenvalue weighted by Crippen LogP contribution is -2.23. The van der Waals surface area contributed by atoms with E-state index in [9.17, 15) is 8.78 Å². The third kappa shape index (κ3) is 3.67. The fraction of sp³-hybridized carbons (Fsp3) is 0.875. The molecule has 0 aliphatic heterocycles. The van der Waals surface area contributed by atoms with E-state index in [1.165, 1.54) is 0 Å². The van der Waals surface area contributed by atoms with E-state index in [2.05, 4.69) is 5.16 Å². The average molecular weight is 193 g/mol. The van der Waals surface area contributed by atoms with Gasteiger partial charge in [-0.25, -0.2) is 8.78 Å². The minimum absolute atomic E-state index is 0.0977. The maximum atomic E-state index is 11.7. The van der Waals surface area contributed by atoms with Crippen LogP contribution in [0.4, 0.5) is 8.78 Å². The van der Waals surface area contributed by atoms with Gasteiger partial charge in [0.05, 0.1) is 11.8 Å². The average Bonchev–Trinajstić information content (AvgIpc) is 2.15. The Morgan fingerprint density at radius 1 is 1.46 bits per heavy atom. The molecule has 1 fully saturated rings. The first-order valence-electron chi connectivity index (χ1n) is 4.32. The largest absolute Gasteiger partial charge is 0.411 e. The van der Waals surface area contributed by atoms with Crippen LogP contribution in [0.1, 0.15) is 25.7 Å². The van der Waals surface area contributed by atoms with Crippen molar-refractivity contribution in [1.82, 2.24) is 0 Å². The lowest BCUT2D eigenvalue weighted by atomic mass is 9.96. The first-order chi connectivity index (χ1) is 6.22. The second-order valence-corrected chi connectivity index (χ2v) is 3.09. The highest BCUT2D eigenvalue weighted by Gasteiger charge is 2.19. The molecule has 0 aromatic heterocycles. The van der Waals surface area contributed by atoms with E-state index in [0.29, 0.717) is 25.7 Å². The second-order valence-electron chi connectivity index (χ2n) is 3.09. The highest BCUT2D eigenvalue weighted by molar-refractivity contribution is 5.84. The van der Waals surface area contributed by atoms with E-state index in [1.807, 2.05) is 0 Å². The number of nitrogens with zero attached hydrogens (tertiary/aromatic N) is 1. The van der Waals surface area contributed by atoms with Crippen molar-refractivity contribution in [1.29, 1.82) is 0 Å². The molecule has 0 aromatic rings. The zero-order chi connectivity index (χ0) is 9.68. The molecule has 76 valence electrons. The van der Waals surface area contributed by atoms with Crippen LogP contribution in [-0.2, 0) is 4.74 Å². The lowest BCUT2D eigenvalue weighted by molar-refractivity contribution is -0.0306. The van der Waals surface area contributed by atoms with Crippen LogP contribution in [0.2, 0.25) is 0 Å². The van der Waals surface area contributed by atoms with Gasteiger partial charge in [-0.15, -0.1) is 0 Å². The maximum Gasteiger partial charge on any atom is 0.261 e. The van der Waals surface area contributed by atoms with Gasteiger partial charge in [0.25, 0.3) is 6.43 Å². The van der Waals surface area contributed by atoms with Gasteiger partial charge in [0.15, 0.2) is 0 Å². The molecule has 0 heterocycles. The van der Waals surface area contributed by atoms with E-state index >= 15 is 0 Å². The molecule has 1 aliphatic rings. The molecular weight excluding hydrogens is 180 g/mol. The minimum atomic E-state index is -2.40. The molecular formula is C8H13F2NO2. The molecule has 1 N–H and O–H groups in total. The summed E-state index contributed by atoms with van der Waals surface area (Å²) in [6.45, 7) is -0.490. The summed E-state index contributed by atoms with van der Waals surface area (Å²) in [5, 5.41) is 11.5. The van der Waals surface area contributed by atoms with Crippen molar-refractivity contribution in [3.8, 4) is 0 Å². The van der Waals surface area contributed by atoms with Crippen LogP contribution >= 0.6 is 0 Å². The van der Waals surface area contributed by atoms with E-state index in [-0.39, 0.29) is 6.10 Å². The summed E-state index contributed by atoms with van der Waals surface area (Å²) in [5.41, 5.74) is 0.733. The summed E-state index contributed by atoms with van der Waals surface area (Å²) >= 11 is 0. The topological polar surface area (TPSA) is 41.8 Å². The SMILES string of the molecule is ON=C1CCC(OCC(F)F)CC1. The van der Waals surface area contributed by atoms with Crippen molar-refractivity contribution in [2.75, 3.05) is 6.61 Å². The number of hydrogen-bond donors (Lipinski definition) is 1. The standard InChI is InChI=1S/C8H13F2NO2/c9-8(10)5-13-7-3-1-6(11-12)2-4-7/h7-8,12H,1-5H2. The summed E-state index contributed by atoms with van der Waals surface area (Å²) in [6, 6.07) is 0. The van der Waals surface area contributed by atoms with Crippen LogP contribution in [0.3, 0.4) is 0 Å². The molecule has 1 aliphatic carbocycles. The monoisotopic (exact) mass is 193 g/mol. The molecule has 1 rings (SSSR count). The zero-order valence-electron chi connectivity index (χ0n) is 7.25. The smallest absolute Gasteiger partial charge is 0.261 e. The van der Waals surface area contributed by atoms with Crippen LogP contribution in [0.25, 0.3) is 0 Å². The molecule has 0 radical (unpaired) electrons. The Kier molecular flexibility index (Phi) is 4.08. The Morgan fingerprint density at radius 3 is 2.54 bits per heavy atom. The molecule has 0 unspecified atom stereocenters.